The fourth-order valence-electron chi connectivity index (χ4n) is 5.11. The Hall–Kier alpha value is -2.26. The first-order valence-electron chi connectivity index (χ1n) is 14.1. The van der Waals surface area contributed by atoms with E-state index in [0.717, 1.165) is 60.5 Å². The van der Waals surface area contributed by atoms with Crippen molar-refractivity contribution in [2.45, 2.75) is 117 Å². The summed E-state index contributed by atoms with van der Waals surface area (Å²) in [6.45, 7) is 4.45. The van der Waals surface area contributed by atoms with Crippen LogP contribution in [0.15, 0.2) is 24.3 Å². The second kappa shape index (κ2) is 15.1. The first-order valence-corrected chi connectivity index (χ1v) is 15.0. The number of nitrogens with zero attached hydrogens (tertiary/aromatic N) is 3. The van der Waals surface area contributed by atoms with Gasteiger partial charge in [0, 0.05) is 12.0 Å². The van der Waals surface area contributed by atoms with E-state index in [1.54, 1.807) is 11.3 Å². The minimum Gasteiger partial charge on any atom is -0.426 e. The third-order valence-electron chi connectivity index (χ3n) is 7.55. The van der Waals surface area contributed by atoms with Gasteiger partial charge in [-0.25, -0.2) is 0 Å². The third-order valence-corrected chi connectivity index (χ3v) is 8.58. The highest BCUT2D eigenvalue weighted by Crippen LogP contribution is 2.43. The fraction of sp³-hybridized carbons (Fsp3) is 0.667. The number of benzene rings is 1. The highest BCUT2D eigenvalue weighted by molar-refractivity contribution is 7.14. The predicted molar refractivity (Wildman–Crippen MR) is 147 cm³/mol. The molecule has 0 atom stereocenters. The van der Waals surface area contributed by atoms with Crippen molar-refractivity contribution in [1.82, 2.24) is 10.2 Å². The molecule has 3 rings (SSSR count). The number of hydrogen-bond acceptors (Lipinski definition) is 6. The molecule has 5 nitrogen and oxygen atoms in total. The van der Waals surface area contributed by atoms with Crippen molar-refractivity contribution in [2.75, 3.05) is 0 Å². The Morgan fingerprint density at radius 1 is 0.972 bits per heavy atom. The maximum Gasteiger partial charge on any atom is 0.314 e. The molecule has 1 aliphatic rings. The number of nitriles is 1. The average molecular weight is 510 g/mol. The van der Waals surface area contributed by atoms with E-state index in [0.29, 0.717) is 5.75 Å². The van der Waals surface area contributed by atoms with Crippen LogP contribution in [0.25, 0.3) is 10.6 Å². The smallest absolute Gasteiger partial charge is 0.314 e. The topological polar surface area (TPSA) is 75.9 Å². The molecule has 0 unspecified atom stereocenters. The molecule has 1 fully saturated rings. The van der Waals surface area contributed by atoms with E-state index in [2.05, 4.69) is 30.1 Å². The van der Waals surface area contributed by atoms with Crippen molar-refractivity contribution in [1.29, 1.82) is 5.26 Å². The van der Waals surface area contributed by atoms with E-state index in [1.807, 2.05) is 24.3 Å². The highest BCUT2D eigenvalue weighted by Gasteiger charge is 2.38. The number of ether oxygens (including phenoxy) is 1. The zero-order valence-corrected chi connectivity index (χ0v) is 23.1. The van der Waals surface area contributed by atoms with Crippen molar-refractivity contribution in [3.05, 3.63) is 29.3 Å². The number of esters is 1. The van der Waals surface area contributed by atoms with Gasteiger partial charge in [0.2, 0.25) is 0 Å². The van der Waals surface area contributed by atoms with Crippen molar-refractivity contribution < 1.29 is 9.53 Å². The number of carbonyl (C=O) groups is 1. The molecule has 1 aromatic heterocycles. The second-order valence-corrected chi connectivity index (χ2v) is 11.5. The number of aromatic nitrogens is 2. The SMILES string of the molecule is CCCCCCCc1nnc(-c2ccc(OC(=O)[C@H]3CC[C@@](C#N)(CCCCCCC)CC3)cc2)s1. The molecule has 6 heteroatoms. The van der Waals surface area contributed by atoms with E-state index < -0.39 is 0 Å². The van der Waals surface area contributed by atoms with Crippen molar-refractivity contribution in [3.63, 3.8) is 0 Å². The Morgan fingerprint density at radius 3 is 2.25 bits per heavy atom. The van der Waals surface area contributed by atoms with Crippen LogP contribution in [-0.2, 0) is 11.2 Å². The van der Waals surface area contributed by atoms with Gasteiger partial charge in [0.05, 0.1) is 17.4 Å². The molecule has 1 aliphatic carbocycles. The monoisotopic (exact) mass is 509 g/mol. The first kappa shape index (κ1) is 28.3. The normalized spacial score (nSPS) is 19.6. The zero-order valence-electron chi connectivity index (χ0n) is 22.3. The minimum absolute atomic E-state index is 0.116. The van der Waals surface area contributed by atoms with Crippen LogP contribution in [-0.4, -0.2) is 16.2 Å². The van der Waals surface area contributed by atoms with E-state index in [1.165, 1.54) is 57.8 Å². The van der Waals surface area contributed by atoms with Crippen molar-refractivity contribution >= 4 is 17.3 Å². The molecule has 0 saturated heterocycles. The Kier molecular flexibility index (Phi) is 11.9. The molecule has 1 heterocycles. The third kappa shape index (κ3) is 8.69. The van der Waals surface area contributed by atoms with E-state index in [4.69, 9.17) is 4.74 Å². The first-order chi connectivity index (χ1) is 17.6. The average Bonchev–Trinajstić information content (AvgIpc) is 3.38. The van der Waals surface area contributed by atoms with Crippen LogP contribution in [0, 0.1) is 22.7 Å². The van der Waals surface area contributed by atoms with Crippen LogP contribution in [0.5, 0.6) is 5.75 Å². The van der Waals surface area contributed by atoms with E-state index in [-0.39, 0.29) is 17.3 Å². The summed E-state index contributed by atoms with van der Waals surface area (Å²) in [4.78, 5) is 12.8. The number of hydrogen-bond donors (Lipinski definition) is 0. The van der Waals surface area contributed by atoms with Gasteiger partial charge in [0.1, 0.15) is 15.8 Å². The highest BCUT2D eigenvalue weighted by atomic mass is 32.1. The Morgan fingerprint density at radius 2 is 1.61 bits per heavy atom. The molecule has 0 N–H and O–H groups in total. The standard InChI is InChI=1S/C30H43N3O2S/c1-3-5-7-9-11-13-27-32-33-28(36-27)24-14-16-26(17-15-24)35-29(34)25-18-21-30(23-31,22-19-25)20-12-10-8-6-4-2/h14-17,25H,3-13,18-22H2,1-2H3/t25-,30-. The second-order valence-electron chi connectivity index (χ2n) is 10.4. The van der Waals surface area contributed by atoms with E-state index >= 15 is 0 Å². The van der Waals surface area contributed by atoms with Gasteiger partial charge in [-0.05, 0) is 62.8 Å². The molecule has 0 spiro atoms. The Bertz CT molecular complexity index is 955. The van der Waals surface area contributed by atoms with Crippen LogP contribution in [0.4, 0.5) is 0 Å². The lowest BCUT2D eigenvalue weighted by Gasteiger charge is -2.34. The number of carbonyl (C=O) groups excluding carboxylic acids is 1. The van der Waals surface area contributed by atoms with Crippen molar-refractivity contribution in [3.8, 4) is 22.4 Å². The molecule has 1 saturated carbocycles. The summed E-state index contributed by atoms with van der Waals surface area (Å²) in [6, 6.07) is 10.2. The van der Waals surface area contributed by atoms with Crippen molar-refractivity contribution in [2.24, 2.45) is 11.3 Å². The maximum absolute atomic E-state index is 12.8. The zero-order chi connectivity index (χ0) is 25.6. The summed E-state index contributed by atoms with van der Waals surface area (Å²) in [7, 11) is 0. The molecule has 2 aromatic rings. The van der Waals surface area contributed by atoms with Crippen LogP contribution in [0.1, 0.15) is 115 Å². The van der Waals surface area contributed by atoms with Gasteiger partial charge in [0.25, 0.3) is 0 Å². The Labute approximate surface area is 221 Å². The Balaban J connectivity index is 1.44. The molecule has 0 bridgehead atoms. The molecule has 0 amide bonds. The van der Waals surface area contributed by atoms with Gasteiger partial charge < -0.3 is 4.74 Å². The van der Waals surface area contributed by atoms with Gasteiger partial charge in [-0.15, -0.1) is 10.2 Å². The van der Waals surface area contributed by atoms with Gasteiger partial charge >= 0.3 is 5.97 Å². The lowest BCUT2D eigenvalue weighted by atomic mass is 9.69. The van der Waals surface area contributed by atoms with Gasteiger partial charge in [-0.3, -0.25) is 4.79 Å². The largest absolute Gasteiger partial charge is 0.426 e. The fourth-order valence-corrected chi connectivity index (χ4v) is 5.99. The lowest BCUT2D eigenvalue weighted by Crippen LogP contribution is -2.31. The molecule has 0 radical (unpaired) electrons. The predicted octanol–water partition coefficient (Wildman–Crippen LogP) is 8.68. The van der Waals surface area contributed by atoms with Crippen LogP contribution in [0.3, 0.4) is 0 Å². The molecule has 0 aliphatic heterocycles. The quantitative estimate of drug-likeness (QED) is 0.136. The summed E-state index contributed by atoms with van der Waals surface area (Å²) < 4.78 is 5.71. The number of aryl methyl sites for hydroxylation is 1. The number of rotatable bonds is 15. The summed E-state index contributed by atoms with van der Waals surface area (Å²) in [5, 5.41) is 20.5. The number of unbranched alkanes of at least 4 members (excludes halogenated alkanes) is 8. The van der Waals surface area contributed by atoms with Crippen LogP contribution < -0.4 is 4.74 Å². The molecule has 196 valence electrons. The summed E-state index contributed by atoms with van der Waals surface area (Å²) in [6.07, 6.45) is 17.4. The van der Waals surface area contributed by atoms with Gasteiger partial charge in [-0.1, -0.05) is 83.0 Å². The van der Waals surface area contributed by atoms with E-state index in [9.17, 15) is 10.1 Å². The van der Waals surface area contributed by atoms with Crippen LogP contribution >= 0.6 is 11.3 Å². The minimum atomic E-state index is -0.249. The summed E-state index contributed by atoms with van der Waals surface area (Å²) in [5.74, 6) is 0.283. The molecule has 1 aromatic carbocycles. The summed E-state index contributed by atoms with van der Waals surface area (Å²) in [5.41, 5.74) is 0.751. The lowest BCUT2D eigenvalue weighted by molar-refractivity contribution is -0.140. The molecular weight excluding hydrogens is 466 g/mol. The van der Waals surface area contributed by atoms with Gasteiger partial charge in [-0.2, -0.15) is 5.26 Å². The van der Waals surface area contributed by atoms with Crippen LogP contribution in [0.2, 0.25) is 0 Å². The van der Waals surface area contributed by atoms with Gasteiger partial charge in [0.15, 0.2) is 0 Å². The maximum atomic E-state index is 12.8. The molecule has 36 heavy (non-hydrogen) atoms. The molecular formula is C30H43N3O2S. The summed E-state index contributed by atoms with van der Waals surface area (Å²) >= 11 is 1.65.